The van der Waals surface area contributed by atoms with Crippen LogP contribution in [0.25, 0.3) is 5.69 Å². The maximum Gasteiger partial charge on any atom is 0.122 e. The van der Waals surface area contributed by atoms with E-state index < -0.39 is 0 Å². The molecule has 2 heterocycles. The highest BCUT2D eigenvalue weighted by atomic mass is 15.3. The molecule has 3 aromatic rings. The van der Waals surface area contributed by atoms with Crippen LogP contribution in [0.3, 0.4) is 0 Å². The fourth-order valence-corrected chi connectivity index (χ4v) is 2.02. The highest BCUT2D eigenvalue weighted by Gasteiger charge is 2.05. The van der Waals surface area contributed by atoms with Crippen LogP contribution in [-0.2, 0) is 13.1 Å². The molecule has 0 aliphatic heterocycles. The van der Waals surface area contributed by atoms with Crippen LogP contribution in [0.5, 0.6) is 0 Å². The van der Waals surface area contributed by atoms with Crippen molar-refractivity contribution in [2.75, 3.05) is 0 Å². The standard InChI is InChI=1S/C14H15N5/c15-10-14-16-7-9-18(14)11-12-6-8-19(17-12)13-4-2-1-3-5-13/h1-9H,10-11,15H2. The predicted octanol–water partition coefficient (Wildman–Crippen LogP) is 1.58. The Kier molecular flexibility index (Phi) is 3.12. The zero-order chi connectivity index (χ0) is 13.1. The Labute approximate surface area is 111 Å². The molecular weight excluding hydrogens is 238 g/mol. The van der Waals surface area contributed by atoms with Crippen molar-refractivity contribution in [2.24, 2.45) is 5.73 Å². The Bertz CT molecular complexity index is 653. The van der Waals surface area contributed by atoms with E-state index >= 15 is 0 Å². The van der Waals surface area contributed by atoms with Crippen LogP contribution >= 0.6 is 0 Å². The summed E-state index contributed by atoms with van der Waals surface area (Å²) in [6.45, 7) is 1.12. The van der Waals surface area contributed by atoms with Gasteiger partial charge in [-0.1, -0.05) is 18.2 Å². The molecule has 0 bridgehead atoms. The van der Waals surface area contributed by atoms with Crippen molar-refractivity contribution in [1.82, 2.24) is 19.3 Å². The van der Waals surface area contributed by atoms with E-state index in [-0.39, 0.29) is 0 Å². The fourth-order valence-electron chi connectivity index (χ4n) is 2.02. The first kappa shape index (κ1) is 11.7. The zero-order valence-corrected chi connectivity index (χ0v) is 10.5. The van der Waals surface area contributed by atoms with Gasteiger partial charge >= 0.3 is 0 Å². The average molecular weight is 253 g/mol. The van der Waals surface area contributed by atoms with E-state index in [1.807, 2.05) is 58.0 Å². The molecule has 2 N–H and O–H groups in total. The summed E-state index contributed by atoms with van der Waals surface area (Å²) in [4.78, 5) is 4.20. The van der Waals surface area contributed by atoms with Gasteiger partial charge in [0.1, 0.15) is 5.82 Å². The van der Waals surface area contributed by atoms with Crippen LogP contribution in [0, 0.1) is 0 Å². The number of hydrogen-bond donors (Lipinski definition) is 1. The average Bonchev–Trinajstić information content (AvgIpc) is 3.09. The van der Waals surface area contributed by atoms with E-state index in [1.165, 1.54) is 0 Å². The molecule has 0 fully saturated rings. The number of hydrogen-bond acceptors (Lipinski definition) is 3. The van der Waals surface area contributed by atoms with Gasteiger partial charge in [-0.2, -0.15) is 5.10 Å². The number of para-hydroxylation sites is 1. The van der Waals surface area contributed by atoms with Gasteiger partial charge in [-0.3, -0.25) is 0 Å². The second-order valence-electron chi connectivity index (χ2n) is 4.26. The van der Waals surface area contributed by atoms with E-state index in [1.54, 1.807) is 6.20 Å². The molecule has 2 aromatic heterocycles. The monoisotopic (exact) mass is 253 g/mol. The van der Waals surface area contributed by atoms with E-state index in [0.29, 0.717) is 13.1 Å². The maximum absolute atomic E-state index is 5.64. The molecule has 0 amide bonds. The van der Waals surface area contributed by atoms with Crippen LogP contribution in [0.15, 0.2) is 55.0 Å². The van der Waals surface area contributed by atoms with Gasteiger partial charge in [0.05, 0.1) is 24.5 Å². The summed E-state index contributed by atoms with van der Waals surface area (Å²) in [5.74, 6) is 0.870. The first-order chi connectivity index (χ1) is 9.36. The molecule has 0 atom stereocenters. The molecule has 3 rings (SSSR count). The lowest BCUT2D eigenvalue weighted by Gasteiger charge is -2.04. The predicted molar refractivity (Wildman–Crippen MR) is 72.8 cm³/mol. The smallest absolute Gasteiger partial charge is 0.122 e. The Morgan fingerprint density at radius 1 is 1.05 bits per heavy atom. The number of nitrogens with two attached hydrogens (primary N) is 1. The summed E-state index contributed by atoms with van der Waals surface area (Å²) < 4.78 is 3.88. The molecule has 96 valence electrons. The molecule has 5 heteroatoms. The van der Waals surface area contributed by atoms with Gasteiger partial charge in [0, 0.05) is 18.6 Å². The van der Waals surface area contributed by atoms with Gasteiger partial charge < -0.3 is 10.3 Å². The molecule has 19 heavy (non-hydrogen) atoms. The van der Waals surface area contributed by atoms with E-state index in [9.17, 15) is 0 Å². The summed E-state index contributed by atoms with van der Waals surface area (Å²) in [6.07, 6.45) is 5.64. The van der Waals surface area contributed by atoms with Crippen molar-refractivity contribution in [3.8, 4) is 5.69 Å². The van der Waals surface area contributed by atoms with E-state index in [4.69, 9.17) is 5.73 Å². The fraction of sp³-hybridized carbons (Fsp3) is 0.143. The lowest BCUT2D eigenvalue weighted by molar-refractivity contribution is 0.696. The van der Waals surface area contributed by atoms with Gasteiger partial charge in [-0.05, 0) is 18.2 Å². The third-order valence-corrected chi connectivity index (χ3v) is 2.98. The Morgan fingerprint density at radius 2 is 1.89 bits per heavy atom. The normalized spacial score (nSPS) is 10.8. The van der Waals surface area contributed by atoms with Gasteiger partial charge in [-0.25, -0.2) is 9.67 Å². The second kappa shape index (κ2) is 5.07. The molecule has 0 saturated heterocycles. The van der Waals surface area contributed by atoms with Crippen molar-refractivity contribution in [3.63, 3.8) is 0 Å². The third-order valence-electron chi connectivity index (χ3n) is 2.98. The SMILES string of the molecule is NCc1nccn1Cc1ccn(-c2ccccc2)n1. The number of benzene rings is 1. The van der Waals surface area contributed by atoms with Gasteiger partial charge in [0.25, 0.3) is 0 Å². The van der Waals surface area contributed by atoms with Crippen molar-refractivity contribution in [1.29, 1.82) is 0 Å². The number of rotatable bonds is 4. The van der Waals surface area contributed by atoms with E-state index in [0.717, 1.165) is 17.2 Å². The first-order valence-corrected chi connectivity index (χ1v) is 6.17. The number of aromatic nitrogens is 4. The summed E-state index contributed by atoms with van der Waals surface area (Å²) in [5.41, 5.74) is 7.67. The summed E-state index contributed by atoms with van der Waals surface area (Å²) in [5, 5.41) is 4.56. The molecule has 0 aliphatic carbocycles. The summed E-state index contributed by atoms with van der Waals surface area (Å²) >= 11 is 0. The van der Waals surface area contributed by atoms with Crippen molar-refractivity contribution in [3.05, 3.63) is 66.5 Å². The summed E-state index contributed by atoms with van der Waals surface area (Å²) in [6, 6.07) is 12.1. The van der Waals surface area contributed by atoms with Crippen LogP contribution in [-0.4, -0.2) is 19.3 Å². The largest absolute Gasteiger partial charge is 0.328 e. The van der Waals surface area contributed by atoms with E-state index in [2.05, 4.69) is 10.1 Å². The summed E-state index contributed by atoms with van der Waals surface area (Å²) in [7, 11) is 0. The molecule has 0 radical (unpaired) electrons. The minimum Gasteiger partial charge on any atom is -0.328 e. The van der Waals surface area contributed by atoms with Crippen LogP contribution in [0.2, 0.25) is 0 Å². The van der Waals surface area contributed by atoms with Crippen LogP contribution in [0.4, 0.5) is 0 Å². The van der Waals surface area contributed by atoms with Gasteiger partial charge in [0.15, 0.2) is 0 Å². The van der Waals surface area contributed by atoms with Gasteiger partial charge in [-0.15, -0.1) is 0 Å². The molecule has 0 unspecified atom stereocenters. The minimum atomic E-state index is 0.437. The van der Waals surface area contributed by atoms with Crippen molar-refractivity contribution in [2.45, 2.75) is 13.1 Å². The molecule has 0 spiro atoms. The van der Waals surface area contributed by atoms with Crippen LogP contribution < -0.4 is 5.73 Å². The highest BCUT2D eigenvalue weighted by molar-refractivity contribution is 5.30. The number of imidazole rings is 1. The zero-order valence-electron chi connectivity index (χ0n) is 10.5. The Balaban J connectivity index is 1.82. The lowest BCUT2D eigenvalue weighted by Crippen LogP contribution is -2.09. The van der Waals surface area contributed by atoms with Crippen molar-refractivity contribution < 1.29 is 0 Å². The molecule has 0 saturated carbocycles. The quantitative estimate of drug-likeness (QED) is 0.767. The topological polar surface area (TPSA) is 61.7 Å². The Morgan fingerprint density at radius 3 is 2.68 bits per heavy atom. The second-order valence-corrected chi connectivity index (χ2v) is 4.26. The molecule has 0 aliphatic rings. The molecule has 5 nitrogen and oxygen atoms in total. The molecule has 1 aromatic carbocycles. The lowest BCUT2D eigenvalue weighted by atomic mass is 10.3. The molecular formula is C14H15N5. The first-order valence-electron chi connectivity index (χ1n) is 6.17. The minimum absolute atomic E-state index is 0.437. The number of nitrogens with zero attached hydrogens (tertiary/aromatic N) is 4. The highest BCUT2D eigenvalue weighted by Crippen LogP contribution is 2.08. The third kappa shape index (κ3) is 2.41. The Hall–Kier alpha value is -2.40. The van der Waals surface area contributed by atoms with Crippen molar-refractivity contribution >= 4 is 0 Å². The van der Waals surface area contributed by atoms with Gasteiger partial charge in [0.2, 0.25) is 0 Å². The van der Waals surface area contributed by atoms with Crippen LogP contribution in [0.1, 0.15) is 11.5 Å². The maximum atomic E-state index is 5.64.